The normalized spacial score (nSPS) is 14.4. The highest BCUT2D eigenvalue weighted by Gasteiger charge is 2.31. The minimum absolute atomic E-state index is 0.0775. The van der Waals surface area contributed by atoms with Crippen molar-refractivity contribution in [3.05, 3.63) is 47.0 Å². The van der Waals surface area contributed by atoms with E-state index in [2.05, 4.69) is 10.3 Å². The predicted octanol–water partition coefficient (Wildman–Crippen LogP) is 4.14. The number of thiazole rings is 1. The molecule has 0 aliphatic heterocycles. The van der Waals surface area contributed by atoms with Crippen molar-refractivity contribution in [3.63, 3.8) is 0 Å². The van der Waals surface area contributed by atoms with Crippen molar-refractivity contribution in [1.82, 2.24) is 10.3 Å². The van der Waals surface area contributed by atoms with Crippen LogP contribution in [0.4, 0.5) is 24.0 Å². The van der Waals surface area contributed by atoms with Crippen LogP contribution in [0.15, 0.2) is 35.7 Å². The van der Waals surface area contributed by atoms with E-state index in [9.17, 15) is 22.8 Å². The summed E-state index contributed by atoms with van der Waals surface area (Å²) in [5.41, 5.74) is -0.326. The Morgan fingerprint density at radius 3 is 2.70 bits per heavy atom. The Balaban J connectivity index is 1.82. The van der Waals surface area contributed by atoms with Crippen molar-refractivity contribution >= 4 is 40.0 Å². The van der Waals surface area contributed by atoms with Crippen molar-refractivity contribution in [2.24, 2.45) is 0 Å². The summed E-state index contributed by atoms with van der Waals surface area (Å²) in [6, 6.07) is 4.74. The number of hydrogen-bond acceptors (Lipinski definition) is 4. The molecule has 142 valence electrons. The molecule has 0 saturated heterocycles. The highest BCUT2D eigenvalue weighted by Crippen LogP contribution is 2.35. The first-order valence-electron chi connectivity index (χ1n) is 8.16. The summed E-state index contributed by atoms with van der Waals surface area (Å²) in [5, 5.41) is 4.65. The van der Waals surface area contributed by atoms with Crippen LogP contribution in [0.25, 0.3) is 6.08 Å². The molecule has 1 fully saturated rings. The molecule has 27 heavy (non-hydrogen) atoms. The molecular weight excluding hydrogens is 379 g/mol. The van der Waals surface area contributed by atoms with E-state index in [0.29, 0.717) is 5.69 Å². The predicted molar refractivity (Wildman–Crippen MR) is 96.6 cm³/mol. The molecule has 2 aromatic rings. The smallest absolute Gasteiger partial charge is 0.350 e. The fraction of sp³-hybridized carbons (Fsp3) is 0.278. The van der Waals surface area contributed by atoms with Crippen LogP contribution in [0, 0.1) is 0 Å². The molecule has 3 rings (SSSR count). The number of carbonyl (C=O) groups is 2. The van der Waals surface area contributed by atoms with E-state index in [1.807, 2.05) is 0 Å². The molecule has 1 heterocycles. The summed E-state index contributed by atoms with van der Waals surface area (Å²) < 4.78 is 38.8. The molecule has 0 bridgehead atoms. The van der Waals surface area contributed by atoms with E-state index in [0.717, 1.165) is 41.2 Å². The number of aromatic nitrogens is 1. The Labute approximate surface area is 157 Å². The Morgan fingerprint density at radius 1 is 1.33 bits per heavy atom. The lowest BCUT2D eigenvalue weighted by atomic mass is 10.2. The number of rotatable bonds is 5. The first-order valence-corrected chi connectivity index (χ1v) is 9.04. The maximum Gasteiger partial charge on any atom is 0.416 e. The van der Waals surface area contributed by atoms with Gasteiger partial charge in [0.25, 0.3) is 0 Å². The van der Waals surface area contributed by atoms with Crippen molar-refractivity contribution in [2.75, 3.05) is 4.90 Å². The number of hydrogen-bond donors (Lipinski definition) is 1. The zero-order valence-corrected chi connectivity index (χ0v) is 15.1. The van der Waals surface area contributed by atoms with Gasteiger partial charge in [0.15, 0.2) is 5.13 Å². The Bertz CT molecular complexity index is 888. The molecule has 1 saturated carbocycles. The third-order valence-corrected chi connectivity index (χ3v) is 4.62. The van der Waals surface area contributed by atoms with Gasteiger partial charge in [-0.1, -0.05) is 6.07 Å². The summed E-state index contributed by atoms with van der Waals surface area (Å²) in [7, 11) is 0. The Kier molecular flexibility index (Phi) is 5.31. The van der Waals surface area contributed by atoms with Gasteiger partial charge in [0.05, 0.1) is 16.9 Å². The van der Waals surface area contributed by atoms with Gasteiger partial charge in [0, 0.05) is 24.4 Å². The molecule has 0 unspecified atom stereocenters. The lowest BCUT2D eigenvalue weighted by Gasteiger charge is -2.19. The van der Waals surface area contributed by atoms with Crippen LogP contribution in [0.2, 0.25) is 0 Å². The minimum Gasteiger partial charge on any atom is -0.350 e. The number of anilines is 2. The average molecular weight is 395 g/mol. The molecule has 1 aliphatic carbocycles. The topological polar surface area (TPSA) is 62.3 Å². The molecule has 2 amide bonds. The highest BCUT2D eigenvalue weighted by molar-refractivity contribution is 7.14. The van der Waals surface area contributed by atoms with E-state index in [4.69, 9.17) is 0 Å². The fourth-order valence-electron chi connectivity index (χ4n) is 2.34. The van der Waals surface area contributed by atoms with Crippen molar-refractivity contribution in [2.45, 2.75) is 32.0 Å². The van der Waals surface area contributed by atoms with Crippen LogP contribution in [0.5, 0.6) is 0 Å². The molecule has 1 aliphatic rings. The van der Waals surface area contributed by atoms with Crippen LogP contribution < -0.4 is 10.2 Å². The van der Waals surface area contributed by atoms with Gasteiger partial charge in [-0.15, -0.1) is 11.3 Å². The third-order valence-electron chi connectivity index (χ3n) is 3.78. The van der Waals surface area contributed by atoms with Gasteiger partial charge in [-0.2, -0.15) is 13.2 Å². The zero-order valence-electron chi connectivity index (χ0n) is 14.3. The Morgan fingerprint density at radius 2 is 2.07 bits per heavy atom. The summed E-state index contributed by atoms with van der Waals surface area (Å²) in [5.74, 6) is -0.695. The van der Waals surface area contributed by atoms with Gasteiger partial charge >= 0.3 is 6.18 Å². The van der Waals surface area contributed by atoms with Gasteiger partial charge < -0.3 is 5.32 Å². The van der Waals surface area contributed by atoms with Crippen molar-refractivity contribution in [1.29, 1.82) is 0 Å². The average Bonchev–Trinajstić information content (AvgIpc) is 3.28. The first-order chi connectivity index (χ1) is 12.7. The zero-order chi connectivity index (χ0) is 19.6. The van der Waals surface area contributed by atoms with E-state index >= 15 is 0 Å². The Hall–Kier alpha value is -2.68. The summed E-state index contributed by atoms with van der Waals surface area (Å²) in [4.78, 5) is 29.1. The van der Waals surface area contributed by atoms with Gasteiger partial charge in [0.2, 0.25) is 11.8 Å². The number of benzene rings is 1. The minimum atomic E-state index is -4.51. The van der Waals surface area contributed by atoms with Crippen LogP contribution >= 0.6 is 11.3 Å². The molecule has 9 heteroatoms. The second-order valence-electron chi connectivity index (χ2n) is 6.07. The molecular formula is C18H16F3N3O2S. The lowest BCUT2D eigenvalue weighted by molar-refractivity contribution is -0.137. The van der Waals surface area contributed by atoms with Crippen LogP contribution in [0.1, 0.15) is 31.0 Å². The maximum atomic E-state index is 12.9. The maximum absolute atomic E-state index is 12.9. The van der Waals surface area contributed by atoms with Gasteiger partial charge in [-0.25, -0.2) is 4.98 Å². The second-order valence-corrected chi connectivity index (χ2v) is 6.91. The molecule has 0 spiro atoms. The first kappa shape index (κ1) is 19.1. The monoisotopic (exact) mass is 395 g/mol. The van der Waals surface area contributed by atoms with E-state index in [-0.39, 0.29) is 22.8 Å². The van der Waals surface area contributed by atoms with E-state index in [1.165, 1.54) is 31.2 Å². The largest absolute Gasteiger partial charge is 0.416 e. The van der Waals surface area contributed by atoms with E-state index < -0.39 is 17.6 Å². The van der Waals surface area contributed by atoms with Crippen LogP contribution in [-0.4, -0.2) is 22.8 Å². The van der Waals surface area contributed by atoms with Gasteiger partial charge in [-0.3, -0.25) is 14.5 Å². The molecule has 5 nitrogen and oxygen atoms in total. The number of alkyl halides is 3. The van der Waals surface area contributed by atoms with Gasteiger partial charge in [0.1, 0.15) is 0 Å². The number of carbonyl (C=O) groups excluding carboxylic acids is 2. The van der Waals surface area contributed by atoms with Crippen LogP contribution in [-0.2, 0) is 15.8 Å². The molecule has 1 N–H and O–H groups in total. The number of halogens is 3. The number of amides is 2. The van der Waals surface area contributed by atoms with Crippen LogP contribution in [0.3, 0.4) is 0 Å². The lowest BCUT2D eigenvalue weighted by Crippen LogP contribution is -2.23. The second kappa shape index (κ2) is 7.51. The molecule has 0 atom stereocenters. The fourth-order valence-corrected chi connectivity index (χ4v) is 3.20. The molecule has 0 radical (unpaired) electrons. The highest BCUT2D eigenvalue weighted by atomic mass is 32.1. The standard InChI is InChI=1S/C18H16F3N3O2S/c1-11(25)24(15-4-2-3-12(9-15)18(19,20)21)17-23-14(10-27-17)7-8-16(26)22-13-5-6-13/h2-4,7-10,13H,5-6H2,1H3,(H,22,26)/b8-7+. The quantitative estimate of drug-likeness (QED) is 0.774. The third kappa shape index (κ3) is 4.94. The van der Waals surface area contributed by atoms with Crippen molar-refractivity contribution in [3.8, 4) is 0 Å². The summed E-state index contributed by atoms with van der Waals surface area (Å²) in [6.07, 6.45) is 0.293. The van der Waals surface area contributed by atoms with E-state index in [1.54, 1.807) is 5.38 Å². The molecule has 1 aromatic heterocycles. The summed E-state index contributed by atoms with van der Waals surface area (Å²) >= 11 is 1.10. The van der Waals surface area contributed by atoms with Crippen molar-refractivity contribution < 1.29 is 22.8 Å². The number of nitrogens with zero attached hydrogens (tertiary/aromatic N) is 2. The SMILES string of the molecule is CC(=O)N(c1cccc(C(F)(F)F)c1)c1nc(/C=C/C(=O)NC2CC2)cs1. The molecule has 1 aromatic carbocycles. The number of nitrogens with one attached hydrogen (secondary N) is 1. The van der Waals surface area contributed by atoms with Gasteiger partial charge in [-0.05, 0) is 37.1 Å². The summed E-state index contributed by atoms with van der Waals surface area (Å²) in [6.45, 7) is 1.25.